The number of ether oxygens (including phenoxy) is 2. The van der Waals surface area contributed by atoms with E-state index >= 15 is 0 Å². The van der Waals surface area contributed by atoms with Gasteiger partial charge in [-0.2, -0.15) is 43.9 Å². The van der Waals surface area contributed by atoms with Gasteiger partial charge in [-0.3, -0.25) is 0 Å². The highest BCUT2D eigenvalue weighted by Crippen LogP contribution is 2.62. The number of carbonyl (C=O) groups excluding carboxylic acids is 1. The van der Waals surface area contributed by atoms with E-state index in [-0.39, 0.29) is 0 Å². The fourth-order valence-corrected chi connectivity index (χ4v) is 1.84. The highest BCUT2D eigenvalue weighted by atomic mass is 19.4. The molecule has 0 saturated carbocycles. The predicted molar refractivity (Wildman–Crippen MR) is 56.5 cm³/mol. The second kappa shape index (κ2) is 5.46. The molecule has 0 aromatic heterocycles. The zero-order chi connectivity index (χ0) is 20.3. The van der Waals surface area contributed by atoms with Crippen molar-refractivity contribution in [1.82, 2.24) is 0 Å². The monoisotopic (exact) mass is 394 g/mol. The second-order valence-corrected chi connectivity index (χ2v) is 5.07. The largest absolute Gasteiger partial charge is 0.458 e. The molecule has 1 heterocycles. The van der Waals surface area contributed by atoms with E-state index in [1.54, 1.807) is 0 Å². The molecule has 1 saturated heterocycles. The molecule has 4 nitrogen and oxygen atoms in total. The van der Waals surface area contributed by atoms with Gasteiger partial charge in [0.25, 0.3) is 5.60 Å². The Morgan fingerprint density at radius 1 is 1.12 bits per heavy atom. The molecular weight excluding hydrogens is 386 g/mol. The number of halogens is 10. The lowest BCUT2D eigenvalue weighted by atomic mass is 9.85. The van der Waals surface area contributed by atoms with Crippen LogP contribution in [0.5, 0.6) is 0 Å². The minimum absolute atomic E-state index is 0.645. The number of aliphatic hydroxyl groups is 1. The zero-order valence-corrected chi connectivity index (χ0v) is 11.9. The minimum Gasteiger partial charge on any atom is -0.440 e. The average Bonchev–Trinajstić information content (AvgIpc) is 2.59. The van der Waals surface area contributed by atoms with Crippen LogP contribution in [0.3, 0.4) is 0 Å². The Labute approximate surface area is 132 Å². The molecule has 0 aliphatic carbocycles. The van der Waals surface area contributed by atoms with Crippen LogP contribution in [0.4, 0.5) is 43.9 Å². The van der Waals surface area contributed by atoms with E-state index in [1.165, 1.54) is 0 Å². The van der Waals surface area contributed by atoms with Gasteiger partial charge in [0, 0.05) is 5.57 Å². The summed E-state index contributed by atoms with van der Waals surface area (Å²) in [5.41, 5.74) is -6.51. The van der Waals surface area contributed by atoms with Crippen LogP contribution < -0.4 is 0 Å². The van der Waals surface area contributed by atoms with E-state index in [0.717, 1.165) is 0 Å². The third-order valence-corrected chi connectivity index (χ3v) is 3.28. The summed E-state index contributed by atoms with van der Waals surface area (Å²) >= 11 is 0. The van der Waals surface area contributed by atoms with Gasteiger partial charge >= 0.3 is 36.0 Å². The maximum atomic E-state index is 14.1. The molecule has 2 unspecified atom stereocenters. The highest BCUT2D eigenvalue weighted by Gasteiger charge is 2.93. The summed E-state index contributed by atoms with van der Waals surface area (Å²) in [6, 6.07) is 0. The molecule has 2 atom stereocenters. The Morgan fingerprint density at radius 2 is 1.56 bits per heavy atom. The van der Waals surface area contributed by atoms with Crippen LogP contribution >= 0.6 is 0 Å². The molecule has 1 aliphatic rings. The summed E-state index contributed by atoms with van der Waals surface area (Å²) in [5.74, 6) is -21.2. The standard InChI is InChI=1S/C11H8F10O4/c1-4(2)5(22)25-6(8(14,15)10(16,17)18)3-24-9(23,7(6,12)13)11(19,20)21/h23H,1,3H2,2H3. The lowest BCUT2D eigenvalue weighted by molar-refractivity contribution is -0.428. The van der Waals surface area contributed by atoms with E-state index in [4.69, 9.17) is 5.11 Å². The van der Waals surface area contributed by atoms with Crippen molar-refractivity contribution in [2.45, 2.75) is 42.5 Å². The lowest BCUT2D eigenvalue weighted by Gasteiger charge is -2.41. The van der Waals surface area contributed by atoms with E-state index in [1.807, 2.05) is 0 Å². The van der Waals surface area contributed by atoms with Gasteiger partial charge in [0.1, 0.15) is 6.61 Å². The molecule has 0 radical (unpaired) electrons. The molecule has 1 N–H and O–H groups in total. The second-order valence-electron chi connectivity index (χ2n) is 5.07. The van der Waals surface area contributed by atoms with Crippen molar-refractivity contribution in [2.24, 2.45) is 0 Å². The Hall–Kier alpha value is -1.57. The summed E-state index contributed by atoms with van der Waals surface area (Å²) < 4.78 is 138. The molecule has 1 fully saturated rings. The Balaban J connectivity index is 3.72. The summed E-state index contributed by atoms with van der Waals surface area (Å²) in [6.07, 6.45) is -13.4. The lowest BCUT2D eigenvalue weighted by Crippen LogP contribution is -2.73. The fourth-order valence-electron chi connectivity index (χ4n) is 1.84. The fraction of sp³-hybridized carbons (Fsp3) is 0.727. The quantitative estimate of drug-likeness (QED) is 0.455. The van der Waals surface area contributed by atoms with Gasteiger partial charge < -0.3 is 14.6 Å². The van der Waals surface area contributed by atoms with Crippen molar-refractivity contribution in [3.05, 3.63) is 12.2 Å². The first-order chi connectivity index (χ1) is 10.8. The first-order valence-electron chi connectivity index (χ1n) is 5.93. The highest BCUT2D eigenvalue weighted by molar-refractivity contribution is 5.87. The maximum absolute atomic E-state index is 14.1. The van der Waals surface area contributed by atoms with Gasteiger partial charge in [-0.1, -0.05) is 6.58 Å². The van der Waals surface area contributed by atoms with Gasteiger partial charge in [0.2, 0.25) is 0 Å². The van der Waals surface area contributed by atoms with Crippen LogP contribution in [0.2, 0.25) is 0 Å². The van der Waals surface area contributed by atoms with Crippen LogP contribution in [-0.2, 0) is 14.3 Å². The first kappa shape index (κ1) is 21.5. The van der Waals surface area contributed by atoms with Crippen molar-refractivity contribution in [3.63, 3.8) is 0 Å². The number of rotatable bonds is 3. The predicted octanol–water partition coefficient (Wildman–Crippen LogP) is 2.96. The Bertz CT molecular complexity index is 580. The molecule has 1 aliphatic heterocycles. The van der Waals surface area contributed by atoms with Gasteiger partial charge in [-0.25, -0.2) is 4.79 Å². The van der Waals surface area contributed by atoms with E-state index in [9.17, 15) is 48.7 Å². The van der Waals surface area contributed by atoms with E-state index in [0.29, 0.717) is 6.92 Å². The van der Waals surface area contributed by atoms with Crippen LogP contribution in [0.25, 0.3) is 0 Å². The average molecular weight is 394 g/mol. The normalized spacial score (nSPS) is 30.2. The summed E-state index contributed by atoms with van der Waals surface area (Å²) in [5, 5.41) is 8.96. The molecule has 0 amide bonds. The minimum atomic E-state index is -6.88. The summed E-state index contributed by atoms with van der Waals surface area (Å²) in [4.78, 5) is 11.3. The molecule has 0 bridgehead atoms. The van der Waals surface area contributed by atoms with Gasteiger partial charge in [0.15, 0.2) is 0 Å². The number of alkyl halides is 10. The van der Waals surface area contributed by atoms with Gasteiger partial charge in [-0.05, 0) is 6.92 Å². The molecule has 146 valence electrons. The molecule has 25 heavy (non-hydrogen) atoms. The van der Waals surface area contributed by atoms with Crippen molar-refractivity contribution in [3.8, 4) is 0 Å². The Kier molecular flexibility index (Phi) is 4.69. The van der Waals surface area contributed by atoms with Crippen molar-refractivity contribution in [1.29, 1.82) is 0 Å². The maximum Gasteiger partial charge on any atom is 0.458 e. The number of hydrogen-bond acceptors (Lipinski definition) is 4. The third kappa shape index (κ3) is 2.65. The van der Waals surface area contributed by atoms with Crippen LogP contribution in [0, 0.1) is 0 Å². The Morgan fingerprint density at radius 3 is 1.84 bits per heavy atom. The van der Waals surface area contributed by atoms with Crippen LogP contribution in [-0.4, -0.2) is 53.3 Å². The topological polar surface area (TPSA) is 55.8 Å². The molecular formula is C11H8F10O4. The number of esters is 1. The molecule has 0 spiro atoms. The molecule has 0 aromatic rings. The smallest absolute Gasteiger partial charge is 0.440 e. The van der Waals surface area contributed by atoms with Crippen LogP contribution in [0.15, 0.2) is 12.2 Å². The first-order valence-corrected chi connectivity index (χ1v) is 5.93. The van der Waals surface area contributed by atoms with Crippen molar-refractivity contribution < 1.29 is 63.3 Å². The van der Waals surface area contributed by atoms with Crippen molar-refractivity contribution in [2.75, 3.05) is 6.61 Å². The molecule has 0 aromatic carbocycles. The summed E-state index contributed by atoms with van der Waals surface area (Å²) in [7, 11) is 0. The van der Waals surface area contributed by atoms with E-state index in [2.05, 4.69) is 16.1 Å². The van der Waals surface area contributed by atoms with Crippen molar-refractivity contribution >= 4 is 5.97 Å². The van der Waals surface area contributed by atoms with Gasteiger partial charge in [-0.15, -0.1) is 0 Å². The molecule has 14 heteroatoms. The zero-order valence-electron chi connectivity index (χ0n) is 11.9. The van der Waals surface area contributed by atoms with Crippen LogP contribution in [0.1, 0.15) is 6.92 Å². The SMILES string of the molecule is C=C(C)C(=O)OC1(C(F)(F)C(F)(F)F)COC(O)(C(F)(F)F)C1(F)F. The number of carbonyl (C=O) groups is 1. The molecule has 1 rings (SSSR count). The number of hydrogen-bond donors (Lipinski definition) is 1. The summed E-state index contributed by atoms with van der Waals surface area (Å²) in [6.45, 7) is 0.575. The van der Waals surface area contributed by atoms with E-state index < -0.39 is 53.7 Å². The third-order valence-electron chi connectivity index (χ3n) is 3.28. The van der Waals surface area contributed by atoms with Gasteiger partial charge in [0.05, 0.1) is 0 Å².